The van der Waals surface area contributed by atoms with Crippen LogP contribution in [-0.2, 0) is 28.8 Å². The van der Waals surface area contributed by atoms with Crippen molar-refractivity contribution in [1.29, 1.82) is 0 Å². The lowest BCUT2D eigenvalue weighted by Gasteiger charge is -2.17. The third-order valence-corrected chi connectivity index (χ3v) is 15.6. The van der Waals surface area contributed by atoms with Crippen molar-refractivity contribution >= 4 is 83.9 Å². The summed E-state index contributed by atoms with van der Waals surface area (Å²) in [6.07, 6.45) is 4.98. The minimum absolute atomic E-state index is 0. The molecule has 0 fully saturated rings. The molecule has 0 spiro atoms. The van der Waals surface area contributed by atoms with Crippen LogP contribution < -0.4 is 64.7 Å². The third kappa shape index (κ3) is 20.1. The van der Waals surface area contributed by atoms with Crippen LogP contribution in [0.2, 0.25) is 0 Å². The average molecular weight is 1250 g/mol. The summed E-state index contributed by atoms with van der Waals surface area (Å²) >= 11 is 0. The molecule has 4 aromatic carbocycles. The molecule has 26 nitrogen and oxygen atoms in total. The van der Waals surface area contributed by atoms with E-state index >= 15 is 0 Å². The van der Waals surface area contributed by atoms with E-state index in [-0.39, 0.29) is 43.9 Å². The van der Waals surface area contributed by atoms with Crippen molar-refractivity contribution in [2.45, 2.75) is 137 Å². The number of carbonyl (C=O) groups excluding carboxylic acids is 10. The maximum absolute atomic E-state index is 12.3. The molecule has 0 bridgehead atoms. The number of nitrogens with zero attached hydrogens (tertiary/aromatic N) is 4. The maximum atomic E-state index is 12.3. The molecule has 0 unspecified atom stereocenters. The van der Waals surface area contributed by atoms with Gasteiger partial charge in [0.05, 0.1) is 24.9 Å². The molecular weight excluding hydrogens is 1150 g/mol. The van der Waals surface area contributed by atoms with Crippen LogP contribution in [0, 0.1) is 111 Å². The Bertz CT molecular complexity index is 3220. The van der Waals surface area contributed by atoms with Gasteiger partial charge in [-0.2, -0.15) is 20.4 Å². The molecule has 0 saturated carbocycles. The quantitative estimate of drug-likeness (QED) is 0.0336. The lowest BCUT2D eigenvalue weighted by Crippen LogP contribution is -2.37. The average Bonchev–Trinajstić information content (AvgIpc) is 0.874. The predicted octanol–water partition coefficient (Wildman–Crippen LogP) is 4.24. The molecule has 12 N–H and O–H groups in total. The molecule has 0 saturated heterocycles. The molecule has 0 aliphatic heterocycles. The van der Waals surface area contributed by atoms with Crippen LogP contribution in [0.15, 0.2) is 20.4 Å². The molecule has 4 aromatic rings. The van der Waals surface area contributed by atoms with Crippen molar-refractivity contribution in [2.24, 2.45) is 20.4 Å². The number of hydrogen-bond donors (Lipinski definition) is 12. The van der Waals surface area contributed by atoms with E-state index in [9.17, 15) is 47.9 Å². The van der Waals surface area contributed by atoms with Crippen molar-refractivity contribution in [2.75, 3.05) is 42.3 Å². The zero-order valence-electron chi connectivity index (χ0n) is 55.3. The van der Waals surface area contributed by atoms with Gasteiger partial charge < -0.3 is 21.3 Å². The molecule has 488 valence electrons. The first-order valence-corrected chi connectivity index (χ1v) is 28.2. The molecule has 26 heteroatoms. The number of carbonyl (C=O) groups is 10. The monoisotopic (exact) mass is 1240 g/mol. The second-order valence-electron chi connectivity index (χ2n) is 20.8. The predicted molar refractivity (Wildman–Crippen MR) is 353 cm³/mol. The Morgan fingerprint density at radius 2 is 0.422 bits per heavy atom. The van der Waals surface area contributed by atoms with Gasteiger partial charge in [-0.1, -0.05) is 7.43 Å². The maximum Gasteiger partial charge on any atom is 0.251 e. The summed E-state index contributed by atoms with van der Waals surface area (Å²) in [5.74, 6) is -3.71. The molecule has 0 aromatic heterocycles. The van der Waals surface area contributed by atoms with Gasteiger partial charge in [-0.05, 0) is 200 Å². The third-order valence-electron chi connectivity index (χ3n) is 15.6. The highest BCUT2D eigenvalue weighted by Gasteiger charge is 2.23. The topological polar surface area (TPSA) is 364 Å². The van der Waals surface area contributed by atoms with Gasteiger partial charge in [0.25, 0.3) is 23.6 Å². The molecule has 10 amide bonds. The van der Waals surface area contributed by atoms with Crippen LogP contribution in [0.3, 0.4) is 0 Å². The van der Waals surface area contributed by atoms with Gasteiger partial charge in [0, 0.05) is 86.8 Å². The van der Waals surface area contributed by atoms with E-state index in [4.69, 9.17) is 0 Å². The number of rotatable bonds is 20. The summed E-state index contributed by atoms with van der Waals surface area (Å²) in [7, 11) is 9.45. The van der Waals surface area contributed by atoms with E-state index < -0.39 is 41.9 Å². The zero-order valence-corrected chi connectivity index (χ0v) is 55.3. The Morgan fingerprint density at radius 3 is 0.567 bits per heavy atom. The van der Waals surface area contributed by atoms with Crippen LogP contribution >= 0.6 is 0 Å². The first-order valence-electron chi connectivity index (χ1n) is 28.2. The zero-order chi connectivity index (χ0) is 67.9. The Hall–Kier alpha value is -9.82. The summed E-state index contributed by atoms with van der Waals surface area (Å²) in [6, 6.07) is 0. The van der Waals surface area contributed by atoms with Crippen LogP contribution in [-0.4, -0.2) is 126 Å². The standard InChI is InChI=1S/C29H38N6O4.2C17H25N5O3.CH4/c1-14-18(5)26(28(38)30-9)19(6)15(2)22(14)12-32-34-24(36)11-25(37)35-33-13-23-16(3)20(7)27(29(39)31-10)21(8)17(23)4;2*1-9-11(3)16(17(25)18-5)12(4)10(2)13(9)8-20-22-15(24)7-14(23)21-19-6;/h12-13H,11H2,1-10H3,(H,30,38)(H,31,39)(H,34,36)(H,35,37);2*8,19H,7H2,1-6H3,(H,18,25)(H,21,23)(H,22,24);1H4/b32-12+,33-13+;2*20-8+;. The minimum atomic E-state index is -0.598. The van der Waals surface area contributed by atoms with Crippen molar-refractivity contribution in [3.8, 4) is 0 Å². The number of benzene rings is 4. The van der Waals surface area contributed by atoms with Crippen LogP contribution in [0.1, 0.15) is 179 Å². The highest BCUT2D eigenvalue weighted by atomic mass is 16.2. The van der Waals surface area contributed by atoms with Crippen LogP contribution in [0.25, 0.3) is 0 Å². The van der Waals surface area contributed by atoms with E-state index in [0.717, 1.165) is 111 Å². The van der Waals surface area contributed by atoms with Gasteiger partial charge in [0.15, 0.2) is 0 Å². The fourth-order valence-electron chi connectivity index (χ4n) is 9.64. The van der Waals surface area contributed by atoms with Crippen molar-refractivity contribution in [3.63, 3.8) is 0 Å². The van der Waals surface area contributed by atoms with Crippen molar-refractivity contribution < 1.29 is 47.9 Å². The molecule has 0 atom stereocenters. The molecule has 0 aliphatic carbocycles. The van der Waals surface area contributed by atoms with Gasteiger partial charge >= 0.3 is 0 Å². The summed E-state index contributed by atoms with van der Waals surface area (Å²) < 4.78 is 0. The smallest absolute Gasteiger partial charge is 0.251 e. The highest BCUT2D eigenvalue weighted by Crippen LogP contribution is 2.29. The fourth-order valence-corrected chi connectivity index (χ4v) is 9.64. The largest absolute Gasteiger partial charge is 0.355 e. The van der Waals surface area contributed by atoms with E-state index in [1.165, 1.54) is 39.0 Å². The Kier molecular flexibility index (Phi) is 31.7. The number of hydrogen-bond acceptors (Lipinski definition) is 16. The van der Waals surface area contributed by atoms with Crippen LogP contribution in [0.5, 0.6) is 0 Å². The summed E-state index contributed by atoms with van der Waals surface area (Å²) in [4.78, 5) is 119. The van der Waals surface area contributed by atoms with Crippen molar-refractivity contribution in [3.05, 3.63) is 134 Å². The fraction of sp³-hybridized carbons (Fsp3) is 0.406. The molecular formula is C64H92N16O10. The lowest BCUT2D eigenvalue weighted by molar-refractivity contribution is -0.131. The number of amides is 10. The molecule has 4 rings (SSSR count). The van der Waals surface area contributed by atoms with Crippen LogP contribution in [0.4, 0.5) is 0 Å². The minimum Gasteiger partial charge on any atom is -0.355 e. The molecule has 0 radical (unpaired) electrons. The molecule has 0 aliphatic rings. The number of nitrogens with one attached hydrogen (secondary N) is 12. The molecule has 90 heavy (non-hydrogen) atoms. The summed E-state index contributed by atoms with van der Waals surface area (Å²) in [5.41, 5.74) is 38.7. The SMILES string of the molecule is C.CNC(=O)c1c(C)c(C)c(/C=N/NC(=O)CC(=O)N/N=C/c2c(C)c(C)c(C(=O)NC)c(C)c2C)c(C)c1C.CNNC(=O)CC(=O)N/N=C/c1c(C)c(C)c(C(=O)NC)c(C)c1C.CNNC(=O)CC(=O)N/N=C/c1c(C)c(C)c(C(=O)NC)c(C)c1C. The normalized spacial score (nSPS) is 10.7. The summed E-state index contributed by atoms with van der Waals surface area (Å²) in [6.45, 7) is 30.2. The van der Waals surface area contributed by atoms with Gasteiger partial charge in [0.1, 0.15) is 19.3 Å². The van der Waals surface area contributed by atoms with Crippen molar-refractivity contribution in [1.82, 2.24) is 64.7 Å². The molecule has 0 heterocycles. The lowest BCUT2D eigenvalue weighted by atomic mass is 9.89. The van der Waals surface area contributed by atoms with Gasteiger partial charge in [-0.25, -0.2) is 32.6 Å². The van der Waals surface area contributed by atoms with Gasteiger partial charge in [-0.3, -0.25) is 58.8 Å². The van der Waals surface area contributed by atoms with Gasteiger partial charge in [0.2, 0.25) is 35.4 Å². The van der Waals surface area contributed by atoms with E-state index in [1.807, 2.05) is 111 Å². The number of hydrazone groups is 4. The second kappa shape index (κ2) is 36.5. The highest BCUT2D eigenvalue weighted by molar-refractivity contribution is 6.04. The Balaban J connectivity index is 0.000000699. The Labute approximate surface area is 528 Å². The summed E-state index contributed by atoms with van der Waals surface area (Å²) in [5, 5.41) is 26.5. The second-order valence-corrected chi connectivity index (χ2v) is 20.8. The first kappa shape index (κ1) is 78.2. The number of hydrazine groups is 2. The van der Waals surface area contributed by atoms with E-state index in [0.29, 0.717) is 22.3 Å². The first-order chi connectivity index (χ1) is 41.8. The van der Waals surface area contributed by atoms with E-state index in [2.05, 4.69) is 85.1 Å². The van der Waals surface area contributed by atoms with E-state index in [1.54, 1.807) is 28.2 Å². The van der Waals surface area contributed by atoms with Gasteiger partial charge in [-0.15, -0.1) is 0 Å². The Morgan fingerprint density at radius 1 is 0.267 bits per heavy atom.